The molecule has 0 saturated heterocycles. The van der Waals surface area contributed by atoms with Gasteiger partial charge in [-0.2, -0.15) is 10.4 Å². The van der Waals surface area contributed by atoms with Crippen molar-refractivity contribution < 1.29 is 5.11 Å². The molecule has 27 heavy (non-hydrogen) atoms. The van der Waals surface area contributed by atoms with E-state index in [4.69, 9.17) is 5.26 Å². The molecule has 0 fully saturated rings. The summed E-state index contributed by atoms with van der Waals surface area (Å²) in [4.78, 5) is 17.2. The number of hydrogen-bond acceptors (Lipinski definition) is 5. The van der Waals surface area contributed by atoms with E-state index in [0.717, 1.165) is 17.0 Å². The Labute approximate surface area is 154 Å². The lowest BCUT2D eigenvalue weighted by atomic mass is 10.0. The minimum atomic E-state index is -0.207. The van der Waals surface area contributed by atoms with Crippen LogP contribution in [0.4, 0.5) is 0 Å². The van der Waals surface area contributed by atoms with E-state index in [2.05, 4.69) is 10.1 Å². The molecule has 0 saturated carbocycles. The third kappa shape index (κ3) is 2.64. The zero-order valence-corrected chi connectivity index (χ0v) is 14.7. The topological polar surface area (TPSA) is 96.2 Å². The highest BCUT2D eigenvalue weighted by Gasteiger charge is 2.16. The van der Waals surface area contributed by atoms with Gasteiger partial charge in [0.25, 0.3) is 5.56 Å². The Hall–Kier alpha value is -3.92. The Morgan fingerprint density at radius 3 is 2.74 bits per heavy atom. The fraction of sp³-hybridized carbons (Fsp3) is 0.100. The van der Waals surface area contributed by atoms with Gasteiger partial charge >= 0.3 is 0 Å². The smallest absolute Gasteiger partial charge is 0.277 e. The zero-order chi connectivity index (χ0) is 19.1. The summed E-state index contributed by atoms with van der Waals surface area (Å²) in [6.45, 7) is 1.89. The van der Waals surface area contributed by atoms with Gasteiger partial charge < -0.3 is 9.67 Å². The number of nitriles is 1. The molecule has 7 heteroatoms. The summed E-state index contributed by atoms with van der Waals surface area (Å²) in [6.07, 6.45) is 5.08. The average molecular weight is 357 g/mol. The van der Waals surface area contributed by atoms with E-state index in [-0.39, 0.29) is 16.9 Å². The maximum Gasteiger partial charge on any atom is 0.277 e. The van der Waals surface area contributed by atoms with Crippen LogP contribution in [0.5, 0.6) is 5.75 Å². The summed E-state index contributed by atoms with van der Waals surface area (Å²) in [6, 6.07) is 10.3. The molecule has 0 amide bonds. The molecule has 0 aliphatic carbocycles. The Balaban J connectivity index is 1.96. The Kier molecular flexibility index (Phi) is 3.74. The standard InChI is InChI=1S/C20H15N5O2/c1-12-7-14(5-6-22-12)17-11-25-19(20(27)24(17)2)16(10-23-25)13-3-4-18(26)15(8-13)9-21/h3-8,10-11,26H,1-2H3. The van der Waals surface area contributed by atoms with Crippen molar-refractivity contribution in [2.24, 2.45) is 7.05 Å². The minimum absolute atomic E-state index is 0.0963. The molecule has 4 rings (SSSR count). The van der Waals surface area contributed by atoms with Gasteiger partial charge in [0.05, 0.1) is 23.7 Å². The summed E-state index contributed by atoms with van der Waals surface area (Å²) < 4.78 is 3.11. The molecule has 132 valence electrons. The van der Waals surface area contributed by atoms with Crippen molar-refractivity contribution in [2.45, 2.75) is 6.92 Å². The highest BCUT2D eigenvalue weighted by molar-refractivity contribution is 5.81. The van der Waals surface area contributed by atoms with Gasteiger partial charge in [0.2, 0.25) is 0 Å². The first-order valence-electron chi connectivity index (χ1n) is 8.23. The first-order chi connectivity index (χ1) is 13.0. The molecular formula is C20H15N5O2. The van der Waals surface area contributed by atoms with Gasteiger partial charge in [-0.15, -0.1) is 0 Å². The summed E-state index contributed by atoms with van der Waals surface area (Å²) in [5.41, 5.74) is 4.03. The van der Waals surface area contributed by atoms with Crippen LogP contribution in [0, 0.1) is 18.3 Å². The van der Waals surface area contributed by atoms with Crippen molar-refractivity contribution in [1.29, 1.82) is 5.26 Å². The SMILES string of the molecule is Cc1cc(-c2cn3ncc(-c4ccc(O)c(C#N)c4)c3c(=O)n2C)ccn1. The maximum absolute atomic E-state index is 13.1. The van der Waals surface area contributed by atoms with Gasteiger partial charge in [0.1, 0.15) is 17.3 Å². The second kappa shape index (κ2) is 6.11. The normalized spacial score (nSPS) is 10.9. The van der Waals surface area contributed by atoms with Crippen LogP contribution in [0.2, 0.25) is 0 Å². The van der Waals surface area contributed by atoms with Gasteiger partial charge in [-0.05, 0) is 36.8 Å². The third-order valence-electron chi connectivity index (χ3n) is 4.53. The lowest BCUT2D eigenvalue weighted by Gasteiger charge is -2.10. The molecule has 4 aromatic rings. The predicted octanol–water partition coefficient (Wildman–Crippen LogP) is 2.65. The van der Waals surface area contributed by atoms with Gasteiger partial charge in [-0.25, -0.2) is 4.52 Å². The van der Waals surface area contributed by atoms with Gasteiger partial charge in [0, 0.05) is 30.1 Å². The number of phenolic OH excluding ortho intramolecular Hbond substituents is 1. The van der Waals surface area contributed by atoms with Crippen LogP contribution in [-0.4, -0.2) is 24.3 Å². The summed E-state index contributed by atoms with van der Waals surface area (Å²) in [5, 5.41) is 23.2. The number of hydrogen-bond donors (Lipinski definition) is 1. The number of phenols is 1. The lowest BCUT2D eigenvalue weighted by Crippen LogP contribution is -2.21. The van der Waals surface area contributed by atoms with Crippen molar-refractivity contribution in [1.82, 2.24) is 19.2 Å². The first kappa shape index (κ1) is 16.5. The molecular weight excluding hydrogens is 342 g/mol. The monoisotopic (exact) mass is 357 g/mol. The molecule has 0 aliphatic heterocycles. The summed E-state index contributed by atoms with van der Waals surface area (Å²) >= 11 is 0. The molecule has 0 spiro atoms. The number of fused-ring (bicyclic) bond motifs is 1. The highest BCUT2D eigenvalue weighted by Crippen LogP contribution is 2.28. The van der Waals surface area contributed by atoms with Crippen LogP contribution in [-0.2, 0) is 7.05 Å². The molecule has 0 atom stereocenters. The van der Waals surface area contributed by atoms with Crippen LogP contribution in [0.25, 0.3) is 27.9 Å². The predicted molar refractivity (Wildman–Crippen MR) is 100 cm³/mol. The molecule has 1 aromatic carbocycles. The number of benzene rings is 1. The van der Waals surface area contributed by atoms with E-state index >= 15 is 0 Å². The number of aromatic nitrogens is 4. The second-order valence-electron chi connectivity index (χ2n) is 6.26. The first-order valence-corrected chi connectivity index (χ1v) is 8.23. The zero-order valence-electron chi connectivity index (χ0n) is 14.7. The molecule has 3 aromatic heterocycles. The van der Waals surface area contributed by atoms with Crippen LogP contribution in [0.15, 0.2) is 53.7 Å². The summed E-state index contributed by atoms with van der Waals surface area (Å²) in [5.74, 6) is -0.0963. The Morgan fingerprint density at radius 2 is 2.00 bits per heavy atom. The van der Waals surface area contributed by atoms with Crippen LogP contribution in [0.3, 0.4) is 0 Å². The molecule has 0 unspecified atom stereocenters. The van der Waals surface area contributed by atoms with Gasteiger partial charge in [-0.1, -0.05) is 6.07 Å². The van der Waals surface area contributed by atoms with Gasteiger partial charge in [-0.3, -0.25) is 9.78 Å². The molecule has 7 nitrogen and oxygen atoms in total. The molecule has 0 bridgehead atoms. The average Bonchev–Trinajstić information content (AvgIpc) is 3.09. The second-order valence-corrected chi connectivity index (χ2v) is 6.26. The van der Waals surface area contributed by atoms with E-state index < -0.39 is 0 Å². The fourth-order valence-corrected chi connectivity index (χ4v) is 3.12. The quantitative estimate of drug-likeness (QED) is 0.595. The van der Waals surface area contributed by atoms with Crippen molar-refractivity contribution in [3.05, 3.63) is 70.5 Å². The number of aryl methyl sites for hydroxylation is 1. The van der Waals surface area contributed by atoms with Gasteiger partial charge in [0.15, 0.2) is 0 Å². The van der Waals surface area contributed by atoms with E-state index in [1.54, 1.807) is 46.9 Å². The molecule has 0 aliphatic rings. The summed E-state index contributed by atoms with van der Waals surface area (Å²) in [7, 11) is 1.71. The van der Waals surface area contributed by atoms with Crippen molar-refractivity contribution in [3.8, 4) is 34.2 Å². The minimum Gasteiger partial charge on any atom is -0.507 e. The molecule has 0 radical (unpaired) electrons. The third-order valence-corrected chi connectivity index (χ3v) is 4.53. The van der Waals surface area contributed by atoms with Crippen LogP contribution in [0.1, 0.15) is 11.3 Å². The number of aromatic hydroxyl groups is 1. The van der Waals surface area contributed by atoms with E-state index in [1.165, 1.54) is 6.07 Å². The number of rotatable bonds is 2. The number of nitrogens with zero attached hydrogens (tertiary/aromatic N) is 5. The molecule has 1 N–H and O–H groups in total. The van der Waals surface area contributed by atoms with Crippen LogP contribution < -0.4 is 5.56 Å². The van der Waals surface area contributed by atoms with Crippen molar-refractivity contribution in [2.75, 3.05) is 0 Å². The Morgan fingerprint density at radius 1 is 1.19 bits per heavy atom. The highest BCUT2D eigenvalue weighted by atomic mass is 16.3. The lowest BCUT2D eigenvalue weighted by molar-refractivity contribution is 0.473. The largest absolute Gasteiger partial charge is 0.507 e. The number of pyridine rings is 1. The van der Waals surface area contributed by atoms with Crippen molar-refractivity contribution in [3.63, 3.8) is 0 Å². The van der Waals surface area contributed by atoms with E-state index in [0.29, 0.717) is 16.6 Å². The van der Waals surface area contributed by atoms with Crippen LogP contribution >= 0.6 is 0 Å². The molecule has 3 heterocycles. The maximum atomic E-state index is 13.1. The van der Waals surface area contributed by atoms with Crippen molar-refractivity contribution >= 4 is 5.52 Å². The van der Waals surface area contributed by atoms with E-state index in [9.17, 15) is 9.90 Å². The van der Waals surface area contributed by atoms with E-state index in [1.807, 2.05) is 25.1 Å². The Bertz CT molecular complexity index is 1290. The fourth-order valence-electron chi connectivity index (χ4n) is 3.12.